The summed E-state index contributed by atoms with van der Waals surface area (Å²) in [5, 5.41) is 8.79. The molecule has 0 aliphatic rings. The van der Waals surface area contributed by atoms with Crippen molar-refractivity contribution in [1.82, 2.24) is 0 Å². The molecule has 0 heterocycles. The summed E-state index contributed by atoms with van der Waals surface area (Å²) in [4.78, 5) is 2.05. The first-order valence-corrected chi connectivity index (χ1v) is 4.00. The van der Waals surface area contributed by atoms with Crippen LogP contribution < -0.4 is 4.90 Å². The van der Waals surface area contributed by atoms with Crippen LogP contribution in [0.15, 0.2) is 24.3 Å². The zero-order valence-corrected chi connectivity index (χ0v) is 7.41. The third-order valence-electron chi connectivity index (χ3n) is 1.91. The number of benzene rings is 1. The lowest BCUT2D eigenvalue weighted by atomic mass is 10.2. The van der Waals surface area contributed by atoms with Crippen LogP contribution in [0, 0.1) is 11.3 Å². The lowest BCUT2D eigenvalue weighted by Gasteiger charge is -2.17. The van der Waals surface area contributed by atoms with Crippen LogP contribution in [0.25, 0.3) is 0 Å². The van der Waals surface area contributed by atoms with Gasteiger partial charge in [-0.3, -0.25) is 0 Å². The Balaban J connectivity index is 3.07. The van der Waals surface area contributed by atoms with Crippen molar-refractivity contribution in [3.05, 3.63) is 29.8 Å². The molecule has 0 unspecified atom stereocenters. The molecule has 0 aromatic heterocycles. The maximum atomic E-state index is 8.79. The number of rotatable bonds is 2. The number of nitrogens with zero attached hydrogens (tertiary/aromatic N) is 2. The maximum Gasteiger partial charge on any atom is 0.101 e. The summed E-state index contributed by atoms with van der Waals surface area (Å²) < 4.78 is 0. The molecule has 0 bridgehead atoms. The molecule has 0 aliphatic carbocycles. The average Bonchev–Trinajstić information content (AvgIpc) is 2.16. The lowest BCUT2D eigenvalue weighted by Crippen LogP contribution is -2.16. The van der Waals surface area contributed by atoms with Gasteiger partial charge in [0.1, 0.15) is 6.07 Å². The summed E-state index contributed by atoms with van der Waals surface area (Å²) in [5.74, 6) is 0. The maximum absolute atomic E-state index is 8.79. The predicted octanol–water partition coefficient (Wildman–Crippen LogP) is 2.01. The molecule has 12 heavy (non-hydrogen) atoms. The molecule has 0 saturated heterocycles. The highest BCUT2D eigenvalue weighted by Gasteiger charge is 2.02. The van der Waals surface area contributed by atoms with E-state index in [1.54, 1.807) is 0 Å². The summed E-state index contributed by atoms with van der Waals surface area (Å²) in [6.45, 7) is 2.98. The van der Waals surface area contributed by atoms with E-state index in [1.165, 1.54) is 0 Å². The fraction of sp³-hybridized carbons (Fsp3) is 0.300. The molecule has 0 saturated carbocycles. The molecule has 0 aliphatic heterocycles. The second-order valence-corrected chi connectivity index (χ2v) is 2.64. The predicted molar refractivity (Wildman–Crippen MR) is 50.1 cm³/mol. The van der Waals surface area contributed by atoms with Crippen LogP contribution in [-0.2, 0) is 0 Å². The molecule has 0 atom stereocenters. The standard InChI is InChI=1S/C10H12N2/c1-3-12(2)10-7-5-4-6-9(10)8-11/h4-7H,3H2,1-2H3. The highest BCUT2D eigenvalue weighted by Crippen LogP contribution is 2.17. The van der Waals surface area contributed by atoms with Gasteiger partial charge in [0.15, 0.2) is 0 Å². The normalized spacial score (nSPS) is 9.08. The summed E-state index contributed by atoms with van der Waals surface area (Å²) in [6, 6.07) is 9.79. The van der Waals surface area contributed by atoms with E-state index in [9.17, 15) is 0 Å². The fourth-order valence-electron chi connectivity index (χ4n) is 1.07. The van der Waals surface area contributed by atoms with E-state index in [2.05, 4.69) is 17.9 Å². The largest absolute Gasteiger partial charge is 0.374 e. The Bertz CT molecular complexity index is 299. The molecule has 0 amide bonds. The van der Waals surface area contributed by atoms with Gasteiger partial charge in [0.05, 0.1) is 11.3 Å². The molecule has 1 aromatic rings. The first-order valence-electron chi connectivity index (χ1n) is 4.00. The Labute approximate surface area is 73.0 Å². The van der Waals surface area contributed by atoms with Gasteiger partial charge in [0, 0.05) is 13.6 Å². The van der Waals surface area contributed by atoms with Gasteiger partial charge in [-0.25, -0.2) is 0 Å². The minimum absolute atomic E-state index is 0.738. The van der Waals surface area contributed by atoms with E-state index in [1.807, 2.05) is 31.3 Å². The Morgan fingerprint density at radius 1 is 1.42 bits per heavy atom. The van der Waals surface area contributed by atoms with E-state index < -0.39 is 0 Å². The van der Waals surface area contributed by atoms with E-state index in [-0.39, 0.29) is 0 Å². The molecule has 0 spiro atoms. The molecular formula is C10H12N2. The summed E-state index contributed by atoms with van der Waals surface area (Å²) >= 11 is 0. The fourth-order valence-corrected chi connectivity index (χ4v) is 1.07. The monoisotopic (exact) mass is 160 g/mol. The number of hydrogen-bond acceptors (Lipinski definition) is 2. The van der Waals surface area contributed by atoms with E-state index in [0.717, 1.165) is 17.8 Å². The second-order valence-electron chi connectivity index (χ2n) is 2.64. The number of hydrogen-bond donors (Lipinski definition) is 0. The average molecular weight is 160 g/mol. The Kier molecular flexibility index (Phi) is 2.71. The van der Waals surface area contributed by atoms with Gasteiger partial charge in [-0.05, 0) is 19.1 Å². The highest BCUT2D eigenvalue weighted by atomic mass is 15.1. The van der Waals surface area contributed by atoms with Crippen LogP contribution >= 0.6 is 0 Å². The van der Waals surface area contributed by atoms with Crippen molar-refractivity contribution >= 4 is 5.69 Å². The van der Waals surface area contributed by atoms with Gasteiger partial charge in [-0.2, -0.15) is 5.26 Å². The third-order valence-corrected chi connectivity index (χ3v) is 1.91. The molecule has 62 valence electrons. The van der Waals surface area contributed by atoms with E-state index in [4.69, 9.17) is 5.26 Å². The topological polar surface area (TPSA) is 27.0 Å². The van der Waals surface area contributed by atoms with Crippen LogP contribution in [-0.4, -0.2) is 13.6 Å². The van der Waals surface area contributed by atoms with Crippen LogP contribution in [0.4, 0.5) is 5.69 Å². The molecule has 1 rings (SSSR count). The van der Waals surface area contributed by atoms with Crippen molar-refractivity contribution in [3.63, 3.8) is 0 Å². The van der Waals surface area contributed by atoms with Crippen molar-refractivity contribution in [1.29, 1.82) is 5.26 Å². The van der Waals surface area contributed by atoms with Gasteiger partial charge in [0.2, 0.25) is 0 Å². The van der Waals surface area contributed by atoms with Crippen molar-refractivity contribution in [2.75, 3.05) is 18.5 Å². The van der Waals surface area contributed by atoms with Crippen LogP contribution in [0.5, 0.6) is 0 Å². The van der Waals surface area contributed by atoms with Crippen molar-refractivity contribution in [2.45, 2.75) is 6.92 Å². The Morgan fingerprint density at radius 3 is 2.67 bits per heavy atom. The molecule has 0 radical (unpaired) electrons. The number of para-hydroxylation sites is 1. The molecule has 0 N–H and O–H groups in total. The zero-order chi connectivity index (χ0) is 8.97. The van der Waals surface area contributed by atoms with Crippen LogP contribution in [0.1, 0.15) is 12.5 Å². The van der Waals surface area contributed by atoms with E-state index >= 15 is 0 Å². The Hall–Kier alpha value is -1.49. The number of anilines is 1. The summed E-state index contributed by atoms with van der Waals surface area (Å²) in [5.41, 5.74) is 1.74. The number of nitriles is 1. The minimum Gasteiger partial charge on any atom is -0.374 e. The van der Waals surface area contributed by atoms with Gasteiger partial charge in [-0.15, -0.1) is 0 Å². The van der Waals surface area contributed by atoms with Gasteiger partial charge >= 0.3 is 0 Å². The Morgan fingerprint density at radius 2 is 2.08 bits per heavy atom. The minimum atomic E-state index is 0.738. The van der Waals surface area contributed by atoms with Gasteiger partial charge in [0.25, 0.3) is 0 Å². The van der Waals surface area contributed by atoms with Crippen molar-refractivity contribution in [2.24, 2.45) is 0 Å². The highest BCUT2D eigenvalue weighted by molar-refractivity contribution is 5.58. The smallest absolute Gasteiger partial charge is 0.101 e. The van der Waals surface area contributed by atoms with E-state index in [0.29, 0.717) is 0 Å². The molecule has 2 nitrogen and oxygen atoms in total. The summed E-state index contributed by atoms with van der Waals surface area (Å²) in [6.07, 6.45) is 0. The summed E-state index contributed by atoms with van der Waals surface area (Å²) in [7, 11) is 1.98. The lowest BCUT2D eigenvalue weighted by molar-refractivity contribution is 0.965. The van der Waals surface area contributed by atoms with Crippen molar-refractivity contribution < 1.29 is 0 Å². The third kappa shape index (κ3) is 1.57. The SMILES string of the molecule is CCN(C)c1ccccc1C#N. The van der Waals surface area contributed by atoms with Crippen LogP contribution in [0.2, 0.25) is 0 Å². The molecular weight excluding hydrogens is 148 g/mol. The first kappa shape index (κ1) is 8.61. The second kappa shape index (κ2) is 3.77. The molecule has 2 heteroatoms. The molecule has 1 aromatic carbocycles. The van der Waals surface area contributed by atoms with Gasteiger partial charge < -0.3 is 4.90 Å². The first-order chi connectivity index (χ1) is 5.79. The van der Waals surface area contributed by atoms with Crippen molar-refractivity contribution in [3.8, 4) is 6.07 Å². The zero-order valence-electron chi connectivity index (χ0n) is 7.41. The van der Waals surface area contributed by atoms with Gasteiger partial charge in [-0.1, -0.05) is 12.1 Å². The molecule has 0 fully saturated rings. The van der Waals surface area contributed by atoms with Crippen LogP contribution in [0.3, 0.4) is 0 Å². The quantitative estimate of drug-likeness (QED) is 0.661.